The molecular formula is C13H16N6. The molecule has 6 heteroatoms. The largest absolute Gasteiger partial charge is 0.368 e. The number of aryl methyl sites for hydroxylation is 2. The minimum absolute atomic E-state index is 0.791. The summed E-state index contributed by atoms with van der Waals surface area (Å²) >= 11 is 0. The minimum Gasteiger partial charge on any atom is -0.368 e. The number of hydrogen-bond donors (Lipinski definition) is 1. The highest BCUT2D eigenvalue weighted by molar-refractivity contribution is 5.85. The summed E-state index contributed by atoms with van der Waals surface area (Å²) in [6.07, 6.45) is 6.42. The van der Waals surface area contributed by atoms with Crippen molar-refractivity contribution >= 4 is 16.9 Å². The molecule has 3 aromatic heterocycles. The molecule has 6 nitrogen and oxygen atoms in total. The van der Waals surface area contributed by atoms with Crippen LogP contribution in [0.15, 0.2) is 30.9 Å². The van der Waals surface area contributed by atoms with Crippen LogP contribution in [0.2, 0.25) is 0 Å². The Balaban J connectivity index is 1.71. The molecule has 0 fully saturated rings. The second-order valence-corrected chi connectivity index (χ2v) is 4.54. The van der Waals surface area contributed by atoms with Gasteiger partial charge in [-0.3, -0.25) is 4.68 Å². The van der Waals surface area contributed by atoms with E-state index in [0.29, 0.717) is 0 Å². The summed E-state index contributed by atoms with van der Waals surface area (Å²) in [4.78, 5) is 8.71. The van der Waals surface area contributed by atoms with Gasteiger partial charge in [-0.1, -0.05) is 0 Å². The first kappa shape index (κ1) is 11.7. The molecule has 0 atom stereocenters. The van der Waals surface area contributed by atoms with Gasteiger partial charge in [-0.05, 0) is 12.1 Å². The molecule has 0 aromatic carbocycles. The molecule has 0 aliphatic rings. The molecule has 98 valence electrons. The van der Waals surface area contributed by atoms with Crippen LogP contribution in [0.3, 0.4) is 0 Å². The van der Waals surface area contributed by atoms with Crippen molar-refractivity contribution in [3.63, 3.8) is 0 Å². The van der Waals surface area contributed by atoms with E-state index in [1.54, 1.807) is 12.5 Å². The Kier molecular flexibility index (Phi) is 2.91. The quantitative estimate of drug-likeness (QED) is 0.765. The molecule has 0 spiro atoms. The topological polar surface area (TPSA) is 60.6 Å². The number of pyridine rings is 1. The molecule has 3 rings (SSSR count). The van der Waals surface area contributed by atoms with Gasteiger partial charge in [-0.2, -0.15) is 5.10 Å². The van der Waals surface area contributed by atoms with Gasteiger partial charge < -0.3 is 9.88 Å². The van der Waals surface area contributed by atoms with Crippen molar-refractivity contribution in [2.24, 2.45) is 14.1 Å². The van der Waals surface area contributed by atoms with Crippen molar-refractivity contribution in [1.82, 2.24) is 24.3 Å². The lowest BCUT2D eigenvalue weighted by atomic mass is 10.3. The first-order valence-electron chi connectivity index (χ1n) is 6.22. The van der Waals surface area contributed by atoms with Crippen LogP contribution in [0.4, 0.5) is 5.82 Å². The maximum atomic E-state index is 4.37. The second-order valence-electron chi connectivity index (χ2n) is 4.54. The number of anilines is 1. The molecule has 0 amide bonds. The zero-order chi connectivity index (χ0) is 13.2. The van der Waals surface area contributed by atoms with E-state index >= 15 is 0 Å². The second kappa shape index (κ2) is 4.72. The van der Waals surface area contributed by atoms with Gasteiger partial charge in [0.2, 0.25) is 0 Å². The average molecular weight is 256 g/mol. The van der Waals surface area contributed by atoms with E-state index in [0.717, 1.165) is 35.5 Å². The summed E-state index contributed by atoms with van der Waals surface area (Å²) in [6.45, 7) is 0.791. The summed E-state index contributed by atoms with van der Waals surface area (Å²) in [5, 5.41) is 7.67. The molecule has 3 aromatic rings. The molecule has 0 aliphatic carbocycles. The summed E-state index contributed by atoms with van der Waals surface area (Å²) in [6, 6.07) is 3.99. The molecule has 0 unspecified atom stereocenters. The third-order valence-corrected chi connectivity index (χ3v) is 3.09. The van der Waals surface area contributed by atoms with Crippen LogP contribution in [-0.2, 0) is 20.5 Å². The average Bonchev–Trinajstić information content (AvgIpc) is 2.98. The highest BCUT2D eigenvalue weighted by atomic mass is 15.2. The van der Waals surface area contributed by atoms with Gasteiger partial charge in [0, 0.05) is 39.5 Å². The molecule has 3 heterocycles. The Morgan fingerprint density at radius 2 is 2.11 bits per heavy atom. The highest BCUT2D eigenvalue weighted by Crippen LogP contribution is 2.18. The lowest BCUT2D eigenvalue weighted by molar-refractivity contribution is 0.742. The van der Waals surface area contributed by atoms with Gasteiger partial charge in [0.1, 0.15) is 5.52 Å². The number of nitrogens with one attached hydrogen (secondary N) is 1. The van der Waals surface area contributed by atoms with Crippen LogP contribution < -0.4 is 5.32 Å². The van der Waals surface area contributed by atoms with Crippen molar-refractivity contribution in [1.29, 1.82) is 0 Å². The van der Waals surface area contributed by atoms with Crippen LogP contribution in [0.1, 0.15) is 5.69 Å². The van der Waals surface area contributed by atoms with Crippen molar-refractivity contribution in [3.8, 4) is 0 Å². The predicted molar refractivity (Wildman–Crippen MR) is 73.9 cm³/mol. The van der Waals surface area contributed by atoms with Gasteiger partial charge in [-0.15, -0.1) is 0 Å². The Labute approximate surface area is 111 Å². The number of nitrogens with zero attached hydrogens (tertiary/aromatic N) is 5. The Morgan fingerprint density at radius 1 is 1.21 bits per heavy atom. The normalized spacial score (nSPS) is 11.1. The van der Waals surface area contributed by atoms with E-state index in [1.807, 2.05) is 41.7 Å². The van der Waals surface area contributed by atoms with Gasteiger partial charge in [0.05, 0.1) is 17.5 Å². The van der Waals surface area contributed by atoms with Gasteiger partial charge >= 0.3 is 0 Å². The summed E-state index contributed by atoms with van der Waals surface area (Å²) < 4.78 is 3.80. The molecule has 0 saturated heterocycles. The summed E-state index contributed by atoms with van der Waals surface area (Å²) in [5.74, 6) is 0.828. The predicted octanol–water partition coefficient (Wildman–Crippen LogP) is 1.36. The molecule has 0 radical (unpaired) electrons. The zero-order valence-corrected chi connectivity index (χ0v) is 11.0. The number of aromatic nitrogens is 5. The monoisotopic (exact) mass is 256 g/mol. The minimum atomic E-state index is 0.791. The molecular weight excluding hydrogens is 240 g/mol. The SMILES string of the molecule is Cn1ccc(CCNc2nccc3c2ncn3C)n1. The maximum absolute atomic E-state index is 4.37. The fraction of sp³-hybridized carbons (Fsp3) is 0.308. The van der Waals surface area contributed by atoms with Crippen LogP contribution in [0.25, 0.3) is 11.0 Å². The lowest BCUT2D eigenvalue weighted by Crippen LogP contribution is -2.07. The third kappa shape index (κ3) is 2.29. The molecule has 1 N–H and O–H groups in total. The number of hydrogen-bond acceptors (Lipinski definition) is 4. The van der Waals surface area contributed by atoms with Crippen LogP contribution in [0.5, 0.6) is 0 Å². The molecule has 19 heavy (non-hydrogen) atoms. The first-order chi connectivity index (χ1) is 9.24. The van der Waals surface area contributed by atoms with Crippen LogP contribution >= 0.6 is 0 Å². The fourth-order valence-corrected chi connectivity index (χ4v) is 2.10. The van der Waals surface area contributed by atoms with E-state index in [4.69, 9.17) is 0 Å². The molecule has 0 aliphatic heterocycles. The van der Waals surface area contributed by atoms with E-state index in [-0.39, 0.29) is 0 Å². The molecule has 0 saturated carbocycles. The third-order valence-electron chi connectivity index (χ3n) is 3.09. The first-order valence-corrected chi connectivity index (χ1v) is 6.22. The van der Waals surface area contributed by atoms with Crippen LogP contribution in [0, 0.1) is 0 Å². The van der Waals surface area contributed by atoms with Crippen molar-refractivity contribution in [2.45, 2.75) is 6.42 Å². The van der Waals surface area contributed by atoms with E-state index in [1.165, 1.54) is 0 Å². The smallest absolute Gasteiger partial charge is 0.154 e. The number of rotatable bonds is 4. The van der Waals surface area contributed by atoms with Gasteiger partial charge in [0.25, 0.3) is 0 Å². The zero-order valence-electron chi connectivity index (χ0n) is 11.0. The maximum Gasteiger partial charge on any atom is 0.154 e. The van der Waals surface area contributed by atoms with Crippen molar-refractivity contribution in [2.75, 3.05) is 11.9 Å². The van der Waals surface area contributed by atoms with Crippen LogP contribution in [-0.4, -0.2) is 30.9 Å². The van der Waals surface area contributed by atoms with E-state index < -0.39 is 0 Å². The Bertz CT molecular complexity index is 696. The Morgan fingerprint density at radius 3 is 2.89 bits per heavy atom. The standard InChI is InChI=1S/C13H16N6/c1-18-9-16-12-11(18)4-7-15-13(12)14-6-3-10-5-8-19(2)17-10/h4-5,7-9H,3,6H2,1-2H3,(H,14,15). The highest BCUT2D eigenvalue weighted by Gasteiger charge is 2.06. The fourth-order valence-electron chi connectivity index (χ4n) is 2.10. The van der Waals surface area contributed by atoms with E-state index in [9.17, 15) is 0 Å². The van der Waals surface area contributed by atoms with Crippen molar-refractivity contribution in [3.05, 3.63) is 36.5 Å². The molecule has 0 bridgehead atoms. The summed E-state index contributed by atoms with van der Waals surface area (Å²) in [7, 11) is 3.90. The number of fused-ring (bicyclic) bond motifs is 1. The Hall–Kier alpha value is -2.37. The summed E-state index contributed by atoms with van der Waals surface area (Å²) in [5.41, 5.74) is 3.06. The van der Waals surface area contributed by atoms with E-state index in [2.05, 4.69) is 20.4 Å². The van der Waals surface area contributed by atoms with Crippen molar-refractivity contribution < 1.29 is 0 Å². The number of imidazole rings is 1. The lowest BCUT2D eigenvalue weighted by Gasteiger charge is -2.05. The van der Waals surface area contributed by atoms with Gasteiger partial charge in [0.15, 0.2) is 5.82 Å². The van der Waals surface area contributed by atoms with Gasteiger partial charge in [-0.25, -0.2) is 9.97 Å².